The van der Waals surface area contributed by atoms with Crippen molar-refractivity contribution in [3.05, 3.63) is 17.3 Å². The van der Waals surface area contributed by atoms with Crippen molar-refractivity contribution in [1.82, 2.24) is 10.2 Å². The maximum absolute atomic E-state index is 11.5. The number of hydrogen-bond donors (Lipinski definition) is 2. The number of carbonyl (C=O) groups is 1. The van der Waals surface area contributed by atoms with Crippen LogP contribution in [0.3, 0.4) is 0 Å². The number of halogens is 1. The average Bonchev–Trinajstić information content (AvgIpc) is 2.35. The molecule has 98 valence electrons. The van der Waals surface area contributed by atoms with E-state index in [9.17, 15) is 9.90 Å². The lowest BCUT2D eigenvalue weighted by Gasteiger charge is -2.36. The van der Waals surface area contributed by atoms with Crippen LogP contribution >= 0.6 is 11.6 Å². The van der Waals surface area contributed by atoms with E-state index in [2.05, 4.69) is 22.4 Å². The van der Waals surface area contributed by atoms with Crippen LogP contribution in [0.15, 0.2) is 12.1 Å². The highest BCUT2D eigenvalue weighted by atomic mass is 35.5. The second-order valence-electron chi connectivity index (χ2n) is 4.94. The summed E-state index contributed by atoms with van der Waals surface area (Å²) in [6.45, 7) is 2.15. The van der Waals surface area contributed by atoms with Crippen LogP contribution in [0.25, 0.3) is 0 Å². The van der Waals surface area contributed by atoms with Gasteiger partial charge in [-0.05, 0) is 43.7 Å². The first-order valence-electron chi connectivity index (χ1n) is 6.03. The van der Waals surface area contributed by atoms with Crippen LogP contribution in [-0.4, -0.2) is 26.8 Å². The molecule has 0 saturated heterocycles. The van der Waals surface area contributed by atoms with Gasteiger partial charge in [0.2, 0.25) is 0 Å². The summed E-state index contributed by atoms with van der Waals surface area (Å²) in [6, 6.07) is 3.25. The lowest BCUT2D eigenvalue weighted by molar-refractivity contribution is -0.143. The first-order valence-corrected chi connectivity index (χ1v) is 6.40. The van der Waals surface area contributed by atoms with Gasteiger partial charge in [-0.25, -0.2) is 4.79 Å². The van der Waals surface area contributed by atoms with Gasteiger partial charge in [0.05, 0.1) is 0 Å². The van der Waals surface area contributed by atoms with E-state index in [0.717, 1.165) is 12.8 Å². The standard InChI is InChI=1S/C12H16ClN3O2/c1-8-4-6-12(7-5-8,11(17)18)14-10-3-2-9(13)15-16-10/h2-3,8H,4-7H2,1H3,(H,14,16)(H,17,18). The van der Waals surface area contributed by atoms with E-state index >= 15 is 0 Å². The van der Waals surface area contributed by atoms with E-state index < -0.39 is 11.5 Å². The van der Waals surface area contributed by atoms with E-state index in [0.29, 0.717) is 29.7 Å². The zero-order chi connectivity index (χ0) is 13.2. The predicted octanol–water partition coefficient (Wildman–Crippen LogP) is 2.58. The molecule has 1 aromatic rings. The summed E-state index contributed by atoms with van der Waals surface area (Å²) < 4.78 is 0. The van der Waals surface area contributed by atoms with Gasteiger partial charge in [-0.3, -0.25) is 0 Å². The number of carboxylic acid groups (broad SMARTS) is 1. The van der Waals surface area contributed by atoms with Crippen molar-refractivity contribution in [2.75, 3.05) is 5.32 Å². The van der Waals surface area contributed by atoms with Crippen LogP contribution in [-0.2, 0) is 4.79 Å². The van der Waals surface area contributed by atoms with E-state index in [1.807, 2.05) is 0 Å². The first kappa shape index (κ1) is 13.1. The number of nitrogens with one attached hydrogen (secondary N) is 1. The van der Waals surface area contributed by atoms with Crippen LogP contribution < -0.4 is 5.32 Å². The predicted molar refractivity (Wildman–Crippen MR) is 68.7 cm³/mol. The van der Waals surface area contributed by atoms with Gasteiger partial charge in [0, 0.05) is 0 Å². The van der Waals surface area contributed by atoms with E-state index in [1.165, 1.54) is 0 Å². The Bertz CT molecular complexity index is 427. The van der Waals surface area contributed by atoms with Gasteiger partial charge in [0.15, 0.2) is 5.15 Å². The largest absolute Gasteiger partial charge is 0.480 e. The minimum Gasteiger partial charge on any atom is -0.480 e. The molecule has 0 aliphatic heterocycles. The summed E-state index contributed by atoms with van der Waals surface area (Å²) in [4.78, 5) is 11.5. The molecule has 2 N–H and O–H groups in total. The zero-order valence-electron chi connectivity index (χ0n) is 10.2. The van der Waals surface area contributed by atoms with Crippen LogP contribution in [0.1, 0.15) is 32.6 Å². The second-order valence-corrected chi connectivity index (χ2v) is 5.32. The quantitative estimate of drug-likeness (QED) is 0.882. The number of nitrogens with zero attached hydrogens (tertiary/aromatic N) is 2. The Labute approximate surface area is 111 Å². The Balaban J connectivity index is 2.16. The molecule has 0 amide bonds. The van der Waals surface area contributed by atoms with Crippen molar-refractivity contribution in [3.8, 4) is 0 Å². The smallest absolute Gasteiger partial charge is 0.329 e. The Hall–Kier alpha value is -1.36. The highest BCUT2D eigenvalue weighted by Gasteiger charge is 2.41. The van der Waals surface area contributed by atoms with E-state index in [-0.39, 0.29) is 0 Å². The highest BCUT2D eigenvalue weighted by Crippen LogP contribution is 2.34. The molecule has 0 spiro atoms. The lowest BCUT2D eigenvalue weighted by atomic mass is 9.77. The monoisotopic (exact) mass is 269 g/mol. The molecule has 1 heterocycles. The summed E-state index contributed by atoms with van der Waals surface area (Å²) in [7, 11) is 0. The third-order valence-electron chi connectivity index (χ3n) is 3.54. The Kier molecular flexibility index (Phi) is 3.71. The number of hydrogen-bond acceptors (Lipinski definition) is 4. The van der Waals surface area contributed by atoms with Gasteiger partial charge in [0.1, 0.15) is 11.4 Å². The second kappa shape index (κ2) is 5.10. The molecule has 0 bridgehead atoms. The lowest BCUT2D eigenvalue weighted by Crippen LogP contribution is -2.49. The molecule has 18 heavy (non-hydrogen) atoms. The molecule has 0 unspecified atom stereocenters. The molecule has 1 saturated carbocycles. The SMILES string of the molecule is CC1CCC(Nc2ccc(Cl)nn2)(C(=O)O)CC1. The number of rotatable bonds is 3. The van der Waals surface area contributed by atoms with Gasteiger partial charge in [-0.15, -0.1) is 10.2 Å². The normalized spacial score (nSPS) is 27.8. The van der Waals surface area contributed by atoms with Crippen molar-refractivity contribution in [2.45, 2.75) is 38.1 Å². The maximum atomic E-state index is 11.5. The first-order chi connectivity index (χ1) is 8.52. The molecule has 1 aliphatic rings. The molecule has 0 aromatic carbocycles. The van der Waals surface area contributed by atoms with Gasteiger partial charge in [-0.2, -0.15) is 0 Å². The molecule has 0 radical (unpaired) electrons. The zero-order valence-corrected chi connectivity index (χ0v) is 10.9. The third kappa shape index (κ3) is 2.72. The molecule has 1 aliphatic carbocycles. The summed E-state index contributed by atoms with van der Waals surface area (Å²) in [5.74, 6) is 0.207. The van der Waals surface area contributed by atoms with Gasteiger partial charge in [-0.1, -0.05) is 18.5 Å². The van der Waals surface area contributed by atoms with Gasteiger partial charge >= 0.3 is 5.97 Å². The van der Waals surface area contributed by atoms with Crippen LogP contribution in [0, 0.1) is 5.92 Å². The van der Waals surface area contributed by atoms with Crippen LogP contribution in [0.5, 0.6) is 0 Å². The molecule has 5 nitrogen and oxygen atoms in total. The van der Waals surface area contributed by atoms with Gasteiger partial charge < -0.3 is 10.4 Å². The van der Waals surface area contributed by atoms with Crippen molar-refractivity contribution in [3.63, 3.8) is 0 Å². The molecular weight excluding hydrogens is 254 g/mol. The fraction of sp³-hybridized carbons (Fsp3) is 0.583. The Morgan fingerprint density at radius 3 is 2.61 bits per heavy atom. The number of aliphatic carboxylic acids is 1. The number of anilines is 1. The van der Waals surface area contributed by atoms with E-state index in [4.69, 9.17) is 11.6 Å². The fourth-order valence-electron chi connectivity index (χ4n) is 2.28. The molecule has 1 aromatic heterocycles. The minimum atomic E-state index is -0.922. The topological polar surface area (TPSA) is 75.1 Å². The van der Waals surface area contributed by atoms with Crippen molar-refractivity contribution in [2.24, 2.45) is 5.92 Å². The highest BCUT2D eigenvalue weighted by molar-refractivity contribution is 6.29. The summed E-state index contributed by atoms with van der Waals surface area (Å²) >= 11 is 5.65. The number of aromatic nitrogens is 2. The fourth-order valence-corrected chi connectivity index (χ4v) is 2.38. The third-order valence-corrected chi connectivity index (χ3v) is 3.74. The molecule has 6 heteroatoms. The summed E-state index contributed by atoms with van der Waals surface area (Å²) in [5, 5.41) is 20.3. The van der Waals surface area contributed by atoms with Crippen LogP contribution in [0.2, 0.25) is 5.15 Å². The molecule has 2 rings (SSSR count). The molecule has 1 fully saturated rings. The summed E-state index contributed by atoms with van der Waals surface area (Å²) in [6.07, 6.45) is 3.02. The molecule has 0 atom stereocenters. The van der Waals surface area contributed by atoms with Crippen molar-refractivity contribution < 1.29 is 9.90 Å². The Morgan fingerprint density at radius 2 is 2.11 bits per heavy atom. The molecular formula is C12H16ClN3O2. The maximum Gasteiger partial charge on any atom is 0.329 e. The van der Waals surface area contributed by atoms with Crippen molar-refractivity contribution >= 4 is 23.4 Å². The Morgan fingerprint density at radius 1 is 1.44 bits per heavy atom. The number of carboxylic acids is 1. The average molecular weight is 270 g/mol. The van der Waals surface area contributed by atoms with Crippen LogP contribution in [0.4, 0.5) is 5.82 Å². The van der Waals surface area contributed by atoms with Gasteiger partial charge in [0.25, 0.3) is 0 Å². The van der Waals surface area contributed by atoms with E-state index in [1.54, 1.807) is 12.1 Å². The van der Waals surface area contributed by atoms with Crippen molar-refractivity contribution in [1.29, 1.82) is 0 Å². The minimum absolute atomic E-state index is 0.294. The summed E-state index contributed by atoms with van der Waals surface area (Å²) in [5.41, 5.74) is -0.922.